The Balaban J connectivity index is 0. The van der Waals surface area contributed by atoms with Gasteiger partial charge in [0.05, 0.1) is 0 Å². The second-order valence-electron chi connectivity index (χ2n) is 5.72. The summed E-state index contributed by atoms with van der Waals surface area (Å²) in [4.78, 5) is 0. The maximum atomic E-state index is 5.87. The van der Waals surface area contributed by atoms with E-state index in [1.165, 1.54) is 51.4 Å². The minimum absolute atomic E-state index is 0. The molecule has 4 atom stereocenters. The zero-order valence-electron chi connectivity index (χ0n) is 11.9. The molecule has 4 N–H and O–H groups in total. The molecule has 4 heteroatoms. The first-order chi connectivity index (χ1) is 7.65. The first kappa shape index (κ1) is 20.8. The van der Waals surface area contributed by atoms with Gasteiger partial charge in [0.15, 0.2) is 0 Å². The summed E-state index contributed by atoms with van der Waals surface area (Å²) < 4.78 is 0. The Kier molecular flexibility index (Phi) is 13.1. The first-order valence-corrected chi connectivity index (χ1v) is 7.16. The second-order valence-corrected chi connectivity index (χ2v) is 5.72. The smallest absolute Gasteiger partial charge is 0.00671 e. The van der Waals surface area contributed by atoms with E-state index in [0.29, 0.717) is 12.1 Å². The van der Waals surface area contributed by atoms with Gasteiger partial charge < -0.3 is 11.5 Å². The SMILES string of the molecule is CCC[C@@H]1CCC[C@H]1N.C[C@@H]1CCC[C@H]1N.Cl.Cl. The zero-order valence-corrected chi connectivity index (χ0v) is 13.6. The summed E-state index contributed by atoms with van der Waals surface area (Å²) in [5, 5.41) is 0. The van der Waals surface area contributed by atoms with Crippen molar-refractivity contribution >= 4 is 24.8 Å². The van der Waals surface area contributed by atoms with Crippen molar-refractivity contribution in [3.63, 3.8) is 0 Å². The van der Waals surface area contributed by atoms with E-state index in [2.05, 4.69) is 13.8 Å². The Morgan fingerprint density at radius 1 is 0.889 bits per heavy atom. The van der Waals surface area contributed by atoms with Gasteiger partial charge in [0.25, 0.3) is 0 Å². The third kappa shape index (κ3) is 7.18. The van der Waals surface area contributed by atoms with Crippen LogP contribution in [0, 0.1) is 11.8 Å². The lowest BCUT2D eigenvalue weighted by Gasteiger charge is -2.12. The van der Waals surface area contributed by atoms with Crippen LogP contribution in [0.15, 0.2) is 0 Å². The minimum Gasteiger partial charge on any atom is -0.327 e. The second kappa shape index (κ2) is 11.3. The summed E-state index contributed by atoms with van der Waals surface area (Å²) >= 11 is 0. The molecule has 2 saturated carbocycles. The lowest BCUT2D eigenvalue weighted by Crippen LogP contribution is -2.23. The molecule has 0 aromatic rings. The van der Waals surface area contributed by atoms with Crippen LogP contribution < -0.4 is 11.5 Å². The molecule has 2 aliphatic rings. The van der Waals surface area contributed by atoms with E-state index in [9.17, 15) is 0 Å². The molecular weight excluding hydrogens is 267 g/mol. The van der Waals surface area contributed by atoms with Crippen molar-refractivity contribution in [2.24, 2.45) is 23.3 Å². The molecule has 2 rings (SSSR count). The van der Waals surface area contributed by atoms with E-state index in [1.807, 2.05) is 0 Å². The van der Waals surface area contributed by atoms with Crippen molar-refractivity contribution in [2.45, 2.75) is 77.3 Å². The third-order valence-corrected chi connectivity index (χ3v) is 4.31. The van der Waals surface area contributed by atoms with Crippen molar-refractivity contribution < 1.29 is 0 Å². The lowest BCUT2D eigenvalue weighted by atomic mass is 9.99. The summed E-state index contributed by atoms with van der Waals surface area (Å²) in [5.41, 5.74) is 11.5. The van der Waals surface area contributed by atoms with Crippen LogP contribution in [0.1, 0.15) is 65.2 Å². The van der Waals surface area contributed by atoms with Crippen molar-refractivity contribution in [3.8, 4) is 0 Å². The standard InChI is InChI=1S/C8H17N.C6H13N.2ClH/c1-2-4-7-5-3-6-8(7)9;1-5-3-2-4-6(5)7;;/h7-8H,2-6,9H2,1H3;5-6H,2-4,7H2,1H3;2*1H/t7-,8-;5-,6-;;/m11../s1. The van der Waals surface area contributed by atoms with Crippen molar-refractivity contribution in [3.05, 3.63) is 0 Å². The summed E-state index contributed by atoms with van der Waals surface area (Å²) in [6, 6.07) is 1.05. The number of halogens is 2. The topological polar surface area (TPSA) is 52.0 Å². The quantitative estimate of drug-likeness (QED) is 0.812. The molecule has 2 nitrogen and oxygen atoms in total. The zero-order chi connectivity index (χ0) is 12.0. The molecule has 0 heterocycles. The van der Waals surface area contributed by atoms with Gasteiger partial charge in [0.1, 0.15) is 0 Å². The van der Waals surface area contributed by atoms with Gasteiger partial charge in [-0.05, 0) is 43.9 Å². The van der Waals surface area contributed by atoms with E-state index in [0.717, 1.165) is 11.8 Å². The van der Waals surface area contributed by atoms with Crippen LogP contribution in [0.2, 0.25) is 0 Å². The summed E-state index contributed by atoms with van der Waals surface area (Å²) in [7, 11) is 0. The highest BCUT2D eigenvalue weighted by Gasteiger charge is 2.22. The molecule has 0 spiro atoms. The summed E-state index contributed by atoms with van der Waals surface area (Å²) in [5.74, 6) is 1.65. The number of hydrogen-bond acceptors (Lipinski definition) is 2. The van der Waals surface area contributed by atoms with Gasteiger partial charge in [-0.25, -0.2) is 0 Å². The highest BCUT2D eigenvalue weighted by Crippen LogP contribution is 2.27. The maximum Gasteiger partial charge on any atom is 0.00671 e. The molecule has 0 bridgehead atoms. The molecule has 0 radical (unpaired) electrons. The van der Waals surface area contributed by atoms with Crippen LogP contribution >= 0.6 is 24.8 Å². The van der Waals surface area contributed by atoms with E-state index in [-0.39, 0.29) is 24.8 Å². The third-order valence-electron chi connectivity index (χ3n) is 4.31. The monoisotopic (exact) mass is 298 g/mol. The summed E-state index contributed by atoms with van der Waals surface area (Å²) in [6.45, 7) is 4.47. The number of nitrogens with two attached hydrogens (primary N) is 2. The Morgan fingerprint density at radius 2 is 1.44 bits per heavy atom. The highest BCUT2D eigenvalue weighted by atomic mass is 35.5. The van der Waals surface area contributed by atoms with Crippen molar-refractivity contribution in [1.29, 1.82) is 0 Å². The molecule has 18 heavy (non-hydrogen) atoms. The molecule has 2 aliphatic carbocycles. The molecule has 0 saturated heterocycles. The fraction of sp³-hybridized carbons (Fsp3) is 1.00. The summed E-state index contributed by atoms with van der Waals surface area (Å²) in [6.07, 6.45) is 10.6. The van der Waals surface area contributed by atoms with E-state index in [4.69, 9.17) is 11.5 Å². The van der Waals surface area contributed by atoms with E-state index in [1.54, 1.807) is 0 Å². The van der Waals surface area contributed by atoms with E-state index >= 15 is 0 Å². The van der Waals surface area contributed by atoms with Crippen LogP contribution in [0.25, 0.3) is 0 Å². The highest BCUT2D eigenvalue weighted by molar-refractivity contribution is 5.85. The van der Waals surface area contributed by atoms with Gasteiger partial charge in [-0.15, -0.1) is 24.8 Å². The average molecular weight is 299 g/mol. The van der Waals surface area contributed by atoms with Gasteiger partial charge in [0.2, 0.25) is 0 Å². The fourth-order valence-corrected chi connectivity index (χ4v) is 2.97. The van der Waals surface area contributed by atoms with Gasteiger partial charge >= 0.3 is 0 Å². The molecule has 0 aromatic heterocycles. The Hall–Kier alpha value is 0.500. The molecule has 2 fully saturated rings. The Bertz CT molecular complexity index is 183. The normalized spacial score (nSPS) is 34.0. The van der Waals surface area contributed by atoms with Crippen molar-refractivity contribution in [1.82, 2.24) is 0 Å². The molecular formula is C14H32Cl2N2. The largest absolute Gasteiger partial charge is 0.327 e. The van der Waals surface area contributed by atoms with Gasteiger partial charge in [-0.1, -0.05) is 33.1 Å². The predicted octanol–water partition coefficient (Wildman–Crippen LogP) is 3.89. The number of rotatable bonds is 2. The lowest BCUT2D eigenvalue weighted by molar-refractivity contribution is 0.442. The maximum absolute atomic E-state index is 5.87. The fourth-order valence-electron chi connectivity index (χ4n) is 2.97. The van der Waals surface area contributed by atoms with Crippen LogP contribution in [-0.4, -0.2) is 12.1 Å². The predicted molar refractivity (Wildman–Crippen MR) is 85.7 cm³/mol. The van der Waals surface area contributed by atoms with Gasteiger partial charge in [-0.3, -0.25) is 0 Å². The minimum atomic E-state index is 0. The van der Waals surface area contributed by atoms with Crippen LogP contribution in [0.3, 0.4) is 0 Å². The molecule has 0 amide bonds. The van der Waals surface area contributed by atoms with Gasteiger partial charge in [0, 0.05) is 12.1 Å². The Morgan fingerprint density at radius 3 is 1.72 bits per heavy atom. The number of hydrogen-bond donors (Lipinski definition) is 2. The molecule has 112 valence electrons. The molecule has 0 aromatic carbocycles. The Labute approximate surface area is 125 Å². The van der Waals surface area contributed by atoms with Crippen molar-refractivity contribution in [2.75, 3.05) is 0 Å². The molecule has 0 unspecified atom stereocenters. The first-order valence-electron chi connectivity index (χ1n) is 7.16. The van der Waals surface area contributed by atoms with Crippen LogP contribution in [0.5, 0.6) is 0 Å². The van der Waals surface area contributed by atoms with Crippen LogP contribution in [-0.2, 0) is 0 Å². The van der Waals surface area contributed by atoms with Gasteiger partial charge in [-0.2, -0.15) is 0 Å². The van der Waals surface area contributed by atoms with Crippen LogP contribution in [0.4, 0.5) is 0 Å². The van der Waals surface area contributed by atoms with E-state index < -0.39 is 0 Å². The molecule has 0 aliphatic heterocycles. The average Bonchev–Trinajstić information content (AvgIpc) is 2.81.